The van der Waals surface area contributed by atoms with Crippen molar-refractivity contribution >= 4 is 29.0 Å². The van der Waals surface area contributed by atoms with Crippen LogP contribution in [-0.2, 0) is 10.3 Å². The standard InChI is InChI=1S/C21H28Cl2N6O/c22-16-11-26-17(21(25)5-1-14(24)2-6-21)9-15(16)19-20(23)28-12-18(29-19)27-10-13-3-7-30-8-4-13/h9,11-14H,1-8,10,24-25H2,(H,27,29). The SMILES string of the molecule is NC1CCC(N)(c2cc(-c3nc(NCC4CCOCC4)cnc3Cl)c(Cl)cn2)CC1. The molecular weight excluding hydrogens is 423 g/mol. The smallest absolute Gasteiger partial charge is 0.155 e. The Labute approximate surface area is 186 Å². The molecule has 1 saturated heterocycles. The molecule has 9 heteroatoms. The van der Waals surface area contributed by atoms with Crippen LogP contribution in [0.1, 0.15) is 44.2 Å². The molecule has 5 N–H and O–H groups in total. The van der Waals surface area contributed by atoms with E-state index in [-0.39, 0.29) is 6.04 Å². The Bertz CT molecular complexity index is 882. The normalized spacial score (nSPS) is 25.3. The highest BCUT2D eigenvalue weighted by Gasteiger charge is 2.34. The fourth-order valence-electron chi connectivity index (χ4n) is 4.13. The summed E-state index contributed by atoms with van der Waals surface area (Å²) in [5.74, 6) is 1.23. The maximum atomic E-state index is 6.69. The minimum Gasteiger partial charge on any atom is -0.381 e. The first-order valence-corrected chi connectivity index (χ1v) is 11.3. The maximum Gasteiger partial charge on any atom is 0.155 e. The molecule has 1 aliphatic carbocycles. The number of anilines is 1. The van der Waals surface area contributed by atoms with Crippen LogP contribution in [0.3, 0.4) is 0 Å². The van der Waals surface area contributed by atoms with Gasteiger partial charge in [-0.3, -0.25) is 4.98 Å². The Morgan fingerprint density at radius 2 is 1.83 bits per heavy atom. The summed E-state index contributed by atoms with van der Waals surface area (Å²) in [7, 11) is 0. The van der Waals surface area contributed by atoms with Crippen LogP contribution in [0.25, 0.3) is 11.3 Å². The highest BCUT2D eigenvalue weighted by Crippen LogP contribution is 2.38. The van der Waals surface area contributed by atoms with Crippen molar-refractivity contribution in [1.82, 2.24) is 15.0 Å². The lowest BCUT2D eigenvalue weighted by Crippen LogP contribution is -2.44. The first kappa shape index (κ1) is 21.7. The van der Waals surface area contributed by atoms with Gasteiger partial charge >= 0.3 is 0 Å². The molecule has 0 aromatic carbocycles. The minimum absolute atomic E-state index is 0.201. The zero-order valence-electron chi connectivity index (χ0n) is 16.9. The quantitative estimate of drug-likeness (QED) is 0.635. The van der Waals surface area contributed by atoms with Crippen LogP contribution in [0.2, 0.25) is 10.2 Å². The number of hydrogen-bond donors (Lipinski definition) is 3. The average molecular weight is 451 g/mol. The molecule has 0 unspecified atom stereocenters. The van der Waals surface area contributed by atoms with Gasteiger partial charge in [0.25, 0.3) is 0 Å². The van der Waals surface area contributed by atoms with Crippen molar-refractivity contribution < 1.29 is 4.74 Å². The molecule has 1 saturated carbocycles. The summed E-state index contributed by atoms with van der Waals surface area (Å²) in [5.41, 5.74) is 14.2. The first-order valence-electron chi connectivity index (χ1n) is 10.5. The van der Waals surface area contributed by atoms with E-state index in [1.54, 1.807) is 12.4 Å². The van der Waals surface area contributed by atoms with Gasteiger partial charge < -0.3 is 21.5 Å². The molecule has 0 atom stereocenters. The second kappa shape index (κ2) is 9.32. The van der Waals surface area contributed by atoms with E-state index in [0.29, 0.717) is 33.2 Å². The van der Waals surface area contributed by atoms with Gasteiger partial charge in [-0.25, -0.2) is 9.97 Å². The van der Waals surface area contributed by atoms with Gasteiger partial charge in [-0.2, -0.15) is 0 Å². The number of aromatic nitrogens is 3. The summed E-state index contributed by atoms with van der Waals surface area (Å²) in [6, 6.07) is 2.10. The second-order valence-electron chi connectivity index (χ2n) is 8.37. The number of nitrogens with zero attached hydrogens (tertiary/aromatic N) is 3. The molecule has 0 radical (unpaired) electrons. The zero-order valence-corrected chi connectivity index (χ0v) is 18.4. The average Bonchev–Trinajstić information content (AvgIpc) is 2.76. The highest BCUT2D eigenvalue weighted by molar-refractivity contribution is 6.35. The van der Waals surface area contributed by atoms with E-state index in [0.717, 1.165) is 64.0 Å². The van der Waals surface area contributed by atoms with E-state index in [4.69, 9.17) is 44.4 Å². The summed E-state index contributed by atoms with van der Waals surface area (Å²) in [6.45, 7) is 2.44. The molecule has 0 amide bonds. The Kier molecular flexibility index (Phi) is 6.75. The molecule has 2 fully saturated rings. The number of halogens is 2. The Hall–Kier alpha value is -1.51. The lowest BCUT2D eigenvalue weighted by atomic mass is 9.78. The summed E-state index contributed by atoms with van der Waals surface area (Å²) in [6.07, 6.45) is 8.68. The Morgan fingerprint density at radius 1 is 1.10 bits per heavy atom. The number of ether oxygens (including phenoxy) is 1. The third-order valence-electron chi connectivity index (χ3n) is 6.18. The van der Waals surface area contributed by atoms with Gasteiger partial charge in [0.15, 0.2) is 5.15 Å². The Balaban J connectivity index is 1.58. The van der Waals surface area contributed by atoms with Crippen LogP contribution in [0.4, 0.5) is 5.82 Å². The van der Waals surface area contributed by atoms with Crippen molar-refractivity contribution in [3.05, 3.63) is 34.3 Å². The van der Waals surface area contributed by atoms with Crippen molar-refractivity contribution in [3.63, 3.8) is 0 Å². The van der Waals surface area contributed by atoms with Gasteiger partial charge in [-0.05, 0) is 50.5 Å². The van der Waals surface area contributed by atoms with E-state index in [1.807, 2.05) is 6.07 Å². The van der Waals surface area contributed by atoms with Crippen LogP contribution < -0.4 is 16.8 Å². The predicted molar refractivity (Wildman–Crippen MR) is 120 cm³/mol. The third kappa shape index (κ3) is 4.86. The molecule has 1 aliphatic heterocycles. The molecule has 7 nitrogen and oxygen atoms in total. The molecular formula is C21H28Cl2N6O. The van der Waals surface area contributed by atoms with Crippen molar-refractivity contribution in [3.8, 4) is 11.3 Å². The lowest BCUT2D eigenvalue weighted by molar-refractivity contribution is 0.0699. The molecule has 2 aliphatic rings. The lowest BCUT2D eigenvalue weighted by Gasteiger charge is -2.35. The minimum atomic E-state index is -0.520. The van der Waals surface area contributed by atoms with Gasteiger partial charge in [0.05, 0.1) is 22.5 Å². The van der Waals surface area contributed by atoms with Crippen LogP contribution in [-0.4, -0.2) is 40.8 Å². The molecule has 2 aromatic rings. The number of nitrogens with two attached hydrogens (primary N) is 2. The van der Waals surface area contributed by atoms with Crippen molar-refractivity contribution in [2.24, 2.45) is 17.4 Å². The summed E-state index contributed by atoms with van der Waals surface area (Å²) in [5, 5.41) is 4.14. The van der Waals surface area contributed by atoms with Gasteiger partial charge in [-0.1, -0.05) is 23.2 Å². The molecule has 3 heterocycles. The predicted octanol–water partition coefficient (Wildman–Crippen LogP) is 3.74. The van der Waals surface area contributed by atoms with Gasteiger partial charge in [0.2, 0.25) is 0 Å². The van der Waals surface area contributed by atoms with Crippen molar-refractivity contribution in [2.75, 3.05) is 25.1 Å². The molecule has 4 rings (SSSR count). The number of pyridine rings is 1. The highest BCUT2D eigenvalue weighted by atomic mass is 35.5. The summed E-state index contributed by atoms with van der Waals surface area (Å²) >= 11 is 12.9. The van der Waals surface area contributed by atoms with Gasteiger partial charge in [0.1, 0.15) is 11.5 Å². The first-order chi connectivity index (χ1) is 14.4. The fraction of sp³-hybridized carbons (Fsp3) is 0.571. The Morgan fingerprint density at radius 3 is 2.57 bits per heavy atom. The van der Waals surface area contributed by atoms with Gasteiger partial charge in [0, 0.05) is 37.6 Å². The number of nitrogens with one attached hydrogen (secondary N) is 1. The fourth-order valence-corrected chi connectivity index (χ4v) is 4.52. The summed E-state index contributed by atoms with van der Waals surface area (Å²) < 4.78 is 5.42. The topological polar surface area (TPSA) is 112 Å². The molecule has 30 heavy (non-hydrogen) atoms. The molecule has 0 bridgehead atoms. The van der Waals surface area contributed by atoms with E-state index in [1.165, 1.54) is 0 Å². The monoisotopic (exact) mass is 450 g/mol. The largest absolute Gasteiger partial charge is 0.381 e. The second-order valence-corrected chi connectivity index (χ2v) is 9.14. The maximum absolute atomic E-state index is 6.69. The molecule has 2 aromatic heterocycles. The van der Waals surface area contributed by atoms with Crippen LogP contribution >= 0.6 is 23.2 Å². The van der Waals surface area contributed by atoms with E-state index in [9.17, 15) is 0 Å². The van der Waals surface area contributed by atoms with Crippen molar-refractivity contribution in [2.45, 2.75) is 50.1 Å². The van der Waals surface area contributed by atoms with Crippen LogP contribution in [0.15, 0.2) is 18.5 Å². The number of rotatable bonds is 5. The molecule has 162 valence electrons. The third-order valence-corrected chi connectivity index (χ3v) is 6.76. The molecule has 0 spiro atoms. The zero-order chi connectivity index (χ0) is 21.1. The summed E-state index contributed by atoms with van der Waals surface area (Å²) in [4.78, 5) is 13.5. The van der Waals surface area contributed by atoms with Crippen LogP contribution in [0.5, 0.6) is 0 Å². The van der Waals surface area contributed by atoms with E-state index in [2.05, 4.69) is 15.3 Å². The van der Waals surface area contributed by atoms with E-state index < -0.39 is 5.54 Å². The van der Waals surface area contributed by atoms with Crippen LogP contribution in [0, 0.1) is 5.92 Å². The van der Waals surface area contributed by atoms with E-state index >= 15 is 0 Å². The number of hydrogen-bond acceptors (Lipinski definition) is 7. The van der Waals surface area contributed by atoms with Gasteiger partial charge in [-0.15, -0.1) is 0 Å². The van der Waals surface area contributed by atoms with Crippen molar-refractivity contribution in [1.29, 1.82) is 0 Å².